The summed E-state index contributed by atoms with van der Waals surface area (Å²) in [6.07, 6.45) is -0.339. The summed E-state index contributed by atoms with van der Waals surface area (Å²) in [6, 6.07) is 3.27. The zero-order chi connectivity index (χ0) is 17.6. The normalized spacial score (nSPS) is 21.1. The van der Waals surface area contributed by atoms with Gasteiger partial charge >= 0.3 is 6.18 Å². The van der Waals surface area contributed by atoms with E-state index < -0.39 is 23.9 Å². The first-order valence-corrected chi connectivity index (χ1v) is 7.90. The Bertz CT molecular complexity index is 563. The van der Waals surface area contributed by atoms with Crippen molar-refractivity contribution in [2.45, 2.75) is 38.3 Å². The standard InChI is InChI=1S/C16H20F3N3O2/c17-16(18,19)12-3-1-2-11(10-12)15(24)21-9-6-14(23)22-13-4-7-20-8-5-13/h4-5,7-8,11-12H,1-3,6,9-10H2,(H,21,24)(H,20,22,23). The second kappa shape index (κ2) is 8.12. The lowest BCUT2D eigenvalue weighted by Gasteiger charge is -2.29. The van der Waals surface area contributed by atoms with Gasteiger partial charge in [0.1, 0.15) is 0 Å². The van der Waals surface area contributed by atoms with E-state index in [1.807, 2.05) is 0 Å². The minimum atomic E-state index is -4.25. The third-order valence-electron chi connectivity index (χ3n) is 4.12. The maximum Gasteiger partial charge on any atom is 0.391 e. The third kappa shape index (κ3) is 5.50. The molecule has 0 spiro atoms. The minimum Gasteiger partial charge on any atom is -0.355 e. The molecule has 0 saturated heterocycles. The third-order valence-corrected chi connectivity index (χ3v) is 4.12. The first-order valence-electron chi connectivity index (χ1n) is 7.90. The molecule has 0 bridgehead atoms. The molecule has 2 unspecified atom stereocenters. The van der Waals surface area contributed by atoms with Crippen LogP contribution in [0.3, 0.4) is 0 Å². The number of pyridine rings is 1. The summed E-state index contributed by atoms with van der Waals surface area (Å²) in [4.78, 5) is 27.5. The fourth-order valence-electron chi connectivity index (χ4n) is 2.83. The number of carbonyl (C=O) groups excluding carboxylic acids is 2. The Morgan fingerprint density at radius 2 is 1.92 bits per heavy atom. The van der Waals surface area contributed by atoms with Crippen molar-refractivity contribution in [1.29, 1.82) is 0 Å². The number of nitrogens with zero attached hydrogens (tertiary/aromatic N) is 1. The molecule has 2 rings (SSSR count). The molecule has 0 radical (unpaired) electrons. The van der Waals surface area contributed by atoms with Gasteiger partial charge in [-0.3, -0.25) is 14.6 Å². The van der Waals surface area contributed by atoms with Gasteiger partial charge in [0, 0.05) is 37.0 Å². The quantitative estimate of drug-likeness (QED) is 0.864. The fraction of sp³-hybridized carbons (Fsp3) is 0.562. The van der Waals surface area contributed by atoms with E-state index in [2.05, 4.69) is 15.6 Å². The number of rotatable bonds is 5. The van der Waals surface area contributed by atoms with Crippen molar-refractivity contribution in [1.82, 2.24) is 10.3 Å². The predicted octanol–water partition coefficient (Wildman–Crippen LogP) is 2.90. The van der Waals surface area contributed by atoms with Gasteiger partial charge in [-0.15, -0.1) is 0 Å². The van der Waals surface area contributed by atoms with Gasteiger partial charge in [0.15, 0.2) is 0 Å². The van der Waals surface area contributed by atoms with Crippen LogP contribution in [0.15, 0.2) is 24.5 Å². The molecule has 1 aromatic heterocycles. The number of alkyl halides is 3. The van der Waals surface area contributed by atoms with Crippen LogP contribution in [0.4, 0.5) is 18.9 Å². The van der Waals surface area contributed by atoms with Gasteiger partial charge in [-0.25, -0.2) is 0 Å². The highest BCUT2D eigenvalue weighted by molar-refractivity contribution is 5.91. The topological polar surface area (TPSA) is 71.1 Å². The maximum atomic E-state index is 12.8. The van der Waals surface area contributed by atoms with E-state index in [0.29, 0.717) is 18.5 Å². The van der Waals surface area contributed by atoms with Gasteiger partial charge in [-0.05, 0) is 31.4 Å². The lowest BCUT2D eigenvalue weighted by molar-refractivity contribution is -0.186. The van der Waals surface area contributed by atoms with Crippen molar-refractivity contribution in [3.63, 3.8) is 0 Å². The Labute approximate surface area is 138 Å². The highest BCUT2D eigenvalue weighted by atomic mass is 19.4. The summed E-state index contributed by atoms with van der Waals surface area (Å²) in [5.41, 5.74) is 0.599. The van der Waals surface area contributed by atoms with E-state index in [0.717, 1.165) is 0 Å². The smallest absolute Gasteiger partial charge is 0.355 e. The van der Waals surface area contributed by atoms with Crippen molar-refractivity contribution < 1.29 is 22.8 Å². The zero-order valence-corrected chi connectivity index (χ0v) is 13.1. The van der Waals surface area contributed by atoms with Crippen molar-refractivity contribution in [3.05, 3.63) is 24.5 Å². The highest BCUT2D eigenvalue weighted by Gasteiger charge is 2.43. The molecule has 1 saturated carbocycles. The molecule has 1 aromatic rings. The fourth-order valence-corrected chi connectivity index (χ4v) is 2.83. The number of amides is 2. The summed E-state index contributed by atoms with van der Waals surface area (Å²) in [6.45, 7) is 0.100. The molecule has 1 aliphatic carbocycles. The molecule has 2 N–H and O–H groups in total. The number of aromatic nitrogens is 1. The van der Waals surface area contributed by atoms with Crippen LogP contribution in [0.25, 0.3) is 0 Å². The first-order chi connectivity index (χ1) is 11.4. The molecule has 2 amide bonds. The molecule has 2 atom stereocenters. The van der Waals surface area contributed by atoms with Crippen molar-refractivity contribution in [2.75, 3.05) is 11.9 Å². The second-order valence-electron chi connectivity index (χ2n) is 5.93. The molecule has 1 aliphatic rings. The number of hydrogen-bond acceptors (Lipinski definition) is 3. The van der Waals surface area contributed by atoms with Crippen LogP contribution in [0.2, 0.25) is 0 Å². The van der Waals surface area contributed by atoms with Gasteiger partial charge in [0.25, 0.3) is 0 Å². The molecular weight excluding hydrogens is 323 g/mol. The second-order valence-corrected chi connectivity index (χ2v) is 5.93. The van der Waals surface area contributed by atoms with Crippen LogP contribution in [0, 0.1) is 11.8 Å². The van der Waals surface area contributed by atoms with E-state index in [1.165, 1.54) is 12.4 Å². The van der Waals surface area contributed by atoms with Crippen molar-refractivity contribution in [2.24, 2.45) is 11.8 Å². The SMILES string of the molecule is O=C(CCNC(=O)C1CCCC(C(F)(F)F)C1)Nc1ccncc1. The summed E-state index contributed by atoms with van der Waals surface area (Å²) >= 11 is 0. The number of anilines is 1. The number of hydrogen-bond donors (Lipinski definition) is 2. The molecule has 1 fully saturated rings. The van der Waals surface area contributed by atoms with E-state index in [9.17, 15) is 22.8 Å². The monoisotopic (exact) mass is 343 g/mol. The summed E-state index contributed by atoms with van der Waals surface area (Å²) in [5, 5.41) is 5.20. The van der Waals surface area contributed by atoms with Gasteiger partial charge < -0.3 is 10.6 Å². The van der Waals surface area contributed by atoms with Crippen molar-refractivity contribution >= 4 is 17.5 Å². The first kappa shape index (κ1) is 18.2. The molecular formula is C16H20F3N3O2. The molecule has 24 heavy (non-hydrogen) atoms. The molecule has 0 aromatic carbocycles. The summed E-state index contributed by atoms with van der Waals surface area (Å²) in [5.74, 6) is -2.72. The highest BCUT2D eigenvalue weighted by Crippen LogP contribution is 2.39. The van der Waals surface area contributed by atoms with Gasteiger partial charge in [0.05, 0.1) is 5.92 Å². The lowest BCUT2D eigenvalue weighted by Crippen LogP contribution is -2.38. The molecule has 0 aliphatic heterocycles. The van der Waals surface area contributed by atoms with E-state index in [1.54, 1.807) is 12.1 Å². The Kier molecular flexibility index (Phi) is 6.16. The zero-order valence-electron chi connectivity index (χ0n) is 13.1. The summed E-state index contributed by atoms with van der Waals surface area (Å²) < 4.78 is 38.3. The lowest BCUT2D eigenvalue weighted by atomic mass is 9.80. The Morgan fingerprint density at radius 1 is 1.21 bits per heavy atom. The van der Waals surface area contributed by atoms with Crippen LogP contribution >= 0.6 is 0 Å². The van der Waals surface area contributed by atoms with Crippen LogP contribution in [0.1, 0.15) is 32.1 Å². The van der Waals surface area contributed by atoms with Crippen LogP contribution in [0.5, 0.6) is 0 Å². The largest absolute Gasteiger partial charge is 0.391 e. The average molecular weight is 343 g/mol. The molecule has 8 heteroatoms. The Hall–Kier alpha value is -2.12. The Balaban J connectivity index is 1.72. The average Bonchev–Trinajstić information content (AvgIpc) is 2.55. The van der Waals surface area contributed by atoms with Crippen LogP contribution < -0.4 is 10.6 Å². The maximum absolute atomic E-state index is 12.8. The molecule has 1 heterocycles. The molecule has 5 nitrogen and oxygen atoms in total. The van der Waals surface area contributed by atoms with E-state index in [-0.39, 0.29) is 31.7 Å². The van der Waals surface area contributed by atoms with Gasteiger partial charge in [-0.1, -0.05) is 6.42 Å². The molecule has 132 valence electrons. The van der Waals surface area contributed by atoms with Gasteiger partial charge in [0.2, 0.25) is 11.8 Å². The van der Waals surface area contributed by atoms with E-state index in [4.69, 9.17) is 0 Å². The van der Waals surface area contributed by atoms with Gasteiger partial charge in [-0.2, -0.15) is 13.2 Å². The van der Waals surface area contributed by atoms with E-state index >= 15 is 0 Å². The number of nitrogens with one attached hydrogen (secondary N) is 2. The van der Waals surface area contributed by atoms with Crippen LogP contribution in [-0.2, 0) is 9.59 Å². The Morgan fingerprint density at radius 3 is 2.58 bits per heavy atom. The summed E-state index contributed by atoms with van der Waals surface area (Å²) in [7, 11) is 0. The number of halogens is 3. The minimum absolute atomic E-state index is 0.0590. The van der Waals surface area contributed by atoms with Crippen LogP contribution in [-0.4, -0.2) is 29.5 Å². The predicted molar refractivity (Wildman–Crippen MR) is 82.0 cm³/mol. The number of carbonyl (C=O) groups is 2. The van der Waals surface area contributed by atoms with Crippen molar-refractivity contribution in [3.8, 4) is 0 Å².